The molecule has 1 saturated heterocycles. The largest absolute Gasteiger partial charge is 0.494 e. The van der Waals surface area contributed by atoms with Gasteiger partial charge in [0.25, 0.3) is 5.91 Å². The van der Waals surface area contributed by atoms with Gasteiger partial charge in [0.2, 0.25) is 0 Å². The van der Waals surface area contributed by atoms with E-state index in [4.69, 9.17) is 15.2 Å². The summed E-state index contributed by atoms with van der Waals surface area (Å²) in [6, 6.07) is 7.74. The summed E-state index contributed by atoms with van der Waals surface area (Å²) >= 11 is 1.32. The van der Waals surface area contributed by atoms with Gasteiger partial charge in [-0.25, -0.2) is 4.98 Å². The van der Waals surface area contributed by atoms with E-state index in [1.54, 1.807) is 0 Å². The Bertz CT molecular complexity index is 963. The van der Waals surface area contributed by atoms with Crippen molar-refractivity contribution in [2.24, 2.45) is 0 Å². The summed E-state index contributed by atoms with van der Waals surface area (Å²) in [5, 5.41) is 4.68. The fourth-order valence-electron chi connectivity index (χ4n) is 3.20. The van der Waals surface area contributed by atoms with Crippen molar-refractivity contribution in [3.05, 3.63) is 29.1 Å². The molecular formula is C19H21N3O3S. The Balaban J connectivity index is 1.64. The minimum atomic E-state index is -0.167. The molecule has 2 aromatic heterocycles. The van der Waals surface area contributed by atoms with Gasteiger partial charge < -0.3 is 20.5 Å². The highest BCUT2D eigenvalue weighted by Gasteiger charge is 2.21. The lowest BCUT2D eigenvalue weighted by Gasteiger charge is -2.10. The number of rotatable bonds is 5. The number of anilines is 1. The zero-order chi connectivity index (χ0) is 18.1. The number of ether oxygens (including phenoxy) is 2. The van der Waals surface area contributed by atoms with Crippen molar-refractivity contribution in [2.75, 3.05) is 25.5 Å². The molecule has 0 spiro atoms. The molecule has 0 unspecified atom stereocenters. The summed E-state index contributed by atoms with van der Waals surface area (Å²) in [5.74, 6) is 0.629. The fraction of sp³-hybridized carbons (Fsp3) is 0.368. The number of benzene rings is 1. The lowest BCUT2D eigenvalue weighted by Crippen LogP contribution is -2.31. The first-order chi connectivity index (χ1) is 12.7. The molecule has 0 radical (unpaired) electrons. The van der Waals surface area contributed by atoms with E-state index in [1.165, 1.54) is 11.3 Å². The number of nitrogens with zero attached hydrogens (tertiary/aromatic N) is 1. The van der Waals surface area contributed by atoms with E-state index < -0.39 is 0 Å². The highest BCUT2D eigenvalue weighted by atomic mass is 32.1. The van der Waals surface area contributed by atoms with E-state index in [0.29, 0.717) is 23.7 Å². The van der Waals surface area contributed by atoms with Crippen LogP contribution < -0.4 is 15.8 Å². The van der Waals surface area contributed by atoms with Gasteiger partial charge in [0.1, 0.15) is 15.5 Å². The number of nitrogen functional groups attached to an aromatic ring is 1. The van der Waals surface area contributed by atoms with Crippen molar-refractivity contribution in [3.8, 4) is 5.75 Å². The number of hydrogen-bond donors (Lipinski definition) is 2. The summed E-state index contributed by atoms with van der Waals surface area (Å²) in [4.78, 5) is 18.5. The van der Waals surface area contributed by atoms with Crippen molar-refractivity contribution in [1.82, 2.24) is 10.3 Å². The molecule has 3 aromatic rings. The number of thiophene rings is 1. The van der Waals surface area contributed by atoms with Gasteiger partial charge in [0, 0.05) is 23.9 Å². The average Bonchev–Trinajstić information content (AvgIpc) is 3.27. The third-order valence-electron chi connectivity index (χ3n) is 4.52. The molecule has 26 heavy (non-hydrogen) atoms. The van der Waals surface area contributed by atoms with Crippen LogP contribution in [0, 0.1) is 0 Å². The SMILES string of the molecule is CCOc1ccc2nc3sc(C(=O)NC[C@H]4CCCO4)c(N)c3cc2c1. The third-order valence-corrected chi connectivity index (χ3v) is 5.63. The number of pyridine rings is 1. The molecule has 3 N–H and O–H groups in total. The molecule has 1 atom stereocenters. The highest BCUT2D eigenvalue weighted by Crippen LogP contribution is 2.35. The molecular weight excluding hydrogens is 350 g/mol. The number of hydrogen-bond acceptors (Lipinski definition) is 6. The molecule has 1 fully saturated rings. The second-order valence-electron chi connectivity index (χ2n) is 6.32. The molecule has 1 aliphatic rings. The maximum atomic E-state index is 12.5. The molecule has 7 heteroatoms. The van der Waals surface area contributed by atoms with Crippen LogP contribution in [-0.2, 0) is 4.74 Å². The summed E-state index contributed by atoms with van der Waals surface area (Å²) in [6.45, 7) is 3.84. The Labute approximate surface area is 155 Å². The van der Waals surface area contributed by atoms with Crippen molar-refractivity contribution in [2.45, 2.75) is 25.9 Å². The number of fused-ring (bicyclic) bond motifs is 2. The Hall–Kier alpha value is -2.38. The molecule has 0 bridgehead atoms. The summed E-state index contributed by atoms with van der Waals surface area (Å²) < 4.78 is 11.1. The molecule has 1 amide bonds. The van der Waals surface area contributed by atoms with Crippen LogP contribution >= 0.6 is 11.3 Å². The number of carbonyl (C=O) groups is 1. The Kier molecular flexibility index (Phi) is 4.65. The van der Waals surface area contributed by atoms with Gasteiger partial charge >= 0.3 is 0 Å². The van der Waals surface area contributed by atoms with Gasteiger partial charge in [-0.05, 0) is 44.0 Å². The minimum Gasteiger partial charge on any atom is -0.494 e. The summed E-state index contributed by atoms with van der Waals surface area (Å²) in [5.41, 5.74) is 7.59. The minimum absolute atomic E-state index is 0.104. The molecule has 0 aliphatic carbocycles. The van der Waals surface area contributed by atoms with E-state index in [2.05, 4.69) is 10.3 Å². The van der Waals surface area contributed by atoms with Crippen molar-refractivity contribution >= 4 is 44.1 Å². The van der Waals surface area contributed by atoms with E-state index >= 15 is 0 Å². The maximum absolute atomic E-state index is 12.5. The first kappa shape index (κ1) is 17.1. The molecule has 1 aromatic carbocycles. The van der Waals surface area contributed by atoms with Crippen LogP contribution in [0.1, 0.15) is 29.4 Å². The molecule has 6 nitrogen and oxygen atoms in total. The fourth-order valence-corrected chi connectivity index (χ4v) is 4.20. The van der Waals surface area contributed by atoms with Crippen molar-refractivity contribution in [1.29, 1.82) is 0 Å². The third kappa shape index (κ3) is 3.20. The standard InChI is InChI=1S/C19H21N3O3S/c1-2-24-12-5-6-15-11(8-12)9-14-16(20)17(26-19(14)22-15)18(23)21-10-13-4-3-7-25-13/h5-6,8-9,13H,2-4,7,10,20H2,1H3,(H,21,23)/t13-/m1/s1. The topological polar surface area (TPSA) is 86.5 Å². The molecule has 1 aliphatic heterocycles. The number of amides is 1. The van der Waals surface area contributed by atoms with Gasteiger partial charge in [0.05, 0.1) is 23.9 Å². The Morgan fingerprint density at radius 3 is 3.12 bits per heavy atom. The summed E-state index contributed by atoms with van der Waals surface area (Å²) in [7, 11) is 0. The van der Waals surface area contributed by atoms with Crippen molar-refractivity contribution < 1.29 is 14.3 Å². The van der Waals surface area contributed by atoms with E-state index in [-0.39, 0.29) is 12.0 Å². The second-order valence-corrected chi connectivity index (χ2v) is 7.32. The molecule has 0 saturated carbocycles. The molecule has 3 heterocycles. The van der Waals surface area contributed by atoms with E-state index in [0.717, 1.165) is 46.3 Å². The van der Waals surface area contributed by atoms with E-state index in [9.17, 15) is 4.79 Å². The zero-order valence-corrected chi connectivity index (χ0v) is 15.4. The normalized spacial score (nSPS) is 17.0. The number of nitrogens with one attached hydrogen (secondary N) is 1. The van der Waals surface area contributed by atoms with Crippen LogP contribution in [0.25, 0.3) is 21.1 Å². The van der Waals surface area contributed by atoms with Crippen LogP contribution in [0.4, 0.5) is 5.69 Å². The second kappa shape index (κ2) is 7.09. The first-order valence-electron chi connectivity index (χ1n) is 8.81. The van der Waals surface area contributed by atoms with Crippen LogP contribution in [0.15, 0.2) is 24.3 Å². The van der Waals surface area contributed by atoms with Crippen LogP contribution in [0.5, 0.6) is 5.75 Å². The highest BCUT2D eigenvalue weighted by molar-refractivity contribution is 7.21. The monoisotopic (exact) mass is 371 g/mol. The Morgan fingerprint density at radius 1 is 1.46 bits per heavy atom. The predicted molar refractivity (Wildman–Crippen MR) is 104 cm³/mol. The lowest BCUT2D eigenvalue weighted by atomic mass is 10.1. The lowest BCUT2D eigenvalue weighted by molar-refractivity contribution is 0.0862. The summed E-state index contributed by atoms with van der Waals surface area (Å²) in [6.07, 6.45) is 2.13. The van der Waals surface area contributed by atoms with Crippen LogP contribution in [0.3, 0.4) is 0 Å². The van der Waals surface area contributed by atoms with Crippen LogP contribution in [-0.4, -0.2) is 36.8 Å². The number of carbonyl (C=O) groups excluding carboxylic acids is 1. The zero-order valence-electron chi connectivity index (χ0n) is 14.6. The molecule has 4 rings (SSSR count). The number of aromatic nitrogens is 1. The maximum Gasteiger partial charge on any atom is 0.263 e. The van der Waals surface area contributed by atoms with Gasteiger partial charge in [-0.15, -0.1) is 11.3 Å². The smallest absolute Gasteiger partial charge is 0.263 e. The molecule has 136 valence electrons. The Morgan fingerprint density at radius 2 is 2.35 bits per heavy atom. The average molecular weight is 371 g/mol. The van der Waals surface area contributed by atoms with Gasteiger partial charge in [0.15, 0.2) is 0 Å². The van der Waals surface area contributed by atoms with Crippen LogP contribution in [0.2, 0.25) is 0 Å². The van der Waals surface area contributed by atoms with Gasteiger partial charge in [-0.2, -0.15) is 0 Å². The van der Waals surface area contributed by atoms with Crippen molar-refractivity contribution in [3.63, 3.8) is 0 Å². The first-order valence-corrected chi connectivity index (χ1v) is 9.62. The quantitative estimate of drug-likeness (QED) is 0.718. The van der Waals surface area contributed by atoms with E-state index in [1.807, 2.05) is 31.2 Å². The van der Waals surface area contributed by atoms with Gasteiger partial charge in [-0.3, -0.25) is 4.79 Å². The van der Waals surface area contributed by atoms with Gasteiger partial charge in [-0.1, -0.05) is 0 Å². The number of nitrogens with two attached hydrogens (primary N) is 1. The predicted octanol–water partition coefficient (Wildman–Crippen LogP) is 3.34.